The minimum atomic E-state index is -3.72. The van der Waals surface area contributed by atoms with E-state index < -0.39 is 21.0 Å². The fourth-order valence-corrected chi connectivity index (χ4v) is 4.90. The number of para-hydroxylation sites is 1. The smallest absolute Gasteiger partial charge is 0.249 e. The molecule has 1 fully saturated rings. The van der Waals surface area contributed by atoms with Gasteiger partial charge in [0.2, 0.25) is 10.0 Å². The first-order valence-corrected chi connectivity index (χ1v) is 9.74. The molecule has 0 aliphatic carbocycles. The van der Waals surface area contributed by atoms with Crippen molar-refractivity contribution in [2.75, 3.05) is 13.3 Å². The van der Waals surface area contributed by atoms with Crippen LogP contribution in [0.1, 0.15) is 40.3 Å². The van der Waals surface area contributed by atoms with Gasteiger partial charge in [-0.3, -0.25) is 0 Å². The Morgan fingerprint density at radius 3 is 2.32 bits per heavy atom. The average Bonchev–Trinajstić information content (AvgIpc) is 3.11. The molecule has 0 amide bonds. The van der Waals surface area contributed by atoms with Crippen LogP contribution < -0.4 is 0 Å². The van der Waals surface area contributed by atoms with E-state index in [0.29, 0.717) is 12.3 Å². The van der Waals surface area contributed by atoms with Gasteiger partial charge in [-0.2, -0.15) is 9.40 Å². The largest absolute Gasteiger partial charge is 0.363 e. The zero-order chi connectivity index (χ0) is 18.5. The van der Waals surface area contributed by atoms with Crippen LogP contribution in [0.15, 0.2) is 41.4 Å². The SMILES string of the molecule is CC(C)(C)c1nn(-c2ccccc2)cc1S(=O)(=O)N1COCC1(C)C. The molecule has 25 heavy (non-hydrogen) atoms. The number of ether oxygens (including phenoxy) is 1. The van der Waals surface area contributed by atoms with Crippen molar-refractivity contribution >= 4 is 10.0 Å². The van der Waals surface area contributed by atoms with Gasteiger partial charge < -0.3 is 4.74 Å². The van der Waals surface area contributed by atoms with E-state index in [1.807, 2.05) is 65.0 Å². The molecule has 136 valence electrons. The predicted octanol–water partition coefficient (Wildman–Crippen LogP) is 2.93. The number of rotatable bonds is 3. The van der Waals surface area contributed by atoms with E-state index in [1.54, 1.807) is 10.9 Å². The zero-order valence-corrected chi connectivity index (χ0v) is 16.2. The maximum absolute atomic E-state index is 13.4. The third-order valence-electron chi connectivity index (χ3n) is 4.32. The summed E-state index contributed by atoms with van der Waals surface area (Å²) >= 11 is 0. The summed E-state index contributed by atoms with van der Waals surface area (Å²) in [6, 6.07) is 9.52. The Balaban J connectivity index is 2.16. The molecule has 1 aliphatic rings. The molecule has 0 spiro atoms. The van der Waals surface area contributed by atoms with Crippen LogP contribution in [0.3, 0.4) is 0 Å². The summed E-state index contributed by atoms with van der Waals surface area (Å²) < 4.78 is 35.2. The Hall–Kier alpha value is -1.70. The third-order valence-corrected chi connectivity index (χ3v) is 6.35. The molecule has 0 atom stereocenters. The number of aromatic nitrogens is 2. The van der Waals surface area contributed by atoms with Crippen LogP contribution in [0.4, 0.5) is 0 Å². The van der Waals surface area contributed by atoms with Crippen molar-refractivity contribution in [3.8, 4) is 5.69 Å². The van der Waals surface area contributed by atoms with Gasteiger partial charge >= 0.3 is 0 Å². The Bertz CT molecular complexity index is 865. The van der Waals surface area contributed by atoms with E-state index in [9.17, 15) is 8.42 Å². The lowest BCUT2D eigenvalue weighted by molar-refractivity contribution is 0.171. The third kappa shape index (κ3) is 3.23. The molecule has 0 unspecified atom stereocenters. The summed E-state index contributed by atoms with van der Waals surface area (Å²) in [7, 11) is -3.72. The summed E-state index contributed by atoms with van der Waals surface area (Å²) in [5, 5.41) is 4.61. The van der Waals surface area contributed by atoms with Crippen LogP contribution in [-0.2, 0) is 20.2 Å². The fourth-order valence-electron chi connectivity index (χ4n) is 2.92. The van der Waals surface area contributed by atoms with Crippen LogP contribution >= 0.6 is 0 Å². The van der Waals surface area contributed by atoms with Crippen molar-refractivity contribution in [3.63, 3.8) is 0 Å². The Labute approximate surface area is 149 Å². The Kier molecular flexibility index (Phi) is 4.29. The quantitative estimate of drug-likeness (QED) is 0.841. The van der Waals surface area contributed by atoms with Gasteiger partial charge in [0.15, 0.2) is 0 Å². The summed E-state index contributed by atoms with van der Waals surface area (Å²) in [6.45, 7) is 10.1. The first-order valence-electron chi connectivity index (χ1n) is 8.30. The van der Waals surface area contributed by atoms with Crippen LogP contribution in [0, 0.1) is 0 Å². The second-order valence-corrected chi connectivity index (χ2v) is 9.85. The molecule has 0 bridgehead atoms. The van der Waals surface area contributed by atoms with Crippen molar-refractivity contribution in [2.24, 2.45) is 0 Å². The van der Waals surface area contributed by atoms with Gasteiger partial charge in [-0.25, -0.2) is 13.1 Å². The second-order valence-electron chi connectivity index (χ2n) is 8.02. The van der Waals surface area contributed by atoms with Gasteiger partial charge in [0.05, 0.1) is 29.7 Å². The monoisotopic (exact) mass is 363 g/mol. The van der Waals surface area contributed by atoms with Gasteiger partial charge in [-0.1, -0.05) is 39.0 Å². The highest BCUT2D eigenvalue weighted by Gasteiger charge is 2.44. The van der Waals surface area contributed by atoms with Crippen molar-refractivity contribution in [2.45, 2.75) is 50.5 Å². The molecular formula is C18H25N3O3S. The average molecular weight is 363 g/mol. The number of benzene rings is 1. The van der Waals surface area contributed by atoms with E-state index in [-0.39, 0.29) is 11.6 Å². The van der Waals surface area contributed by atoms with Crippen molar-refractivity contribution in [1.82, 2.24) is 14.1 Å². The van der Waals surface area contributed by atoms with E-state index in [0.717, 1.165) is 5.69 Å². The van der Waals surface area contributed by atoms with Gasteiger partial charge in [-0.05, 0) is 26.0 Å². The van der Waals surface area contributed by atoms with Crippen molar-refractivity contribution in [3.05, 3.63) is 42.2 Å². The Morgan fingerprint density at radius 2 is 1.80 bits per heavy atom. The lowest BCUT2D eigenvalue weighted by atomic mass is 9.92. The van der Waals surface area contributed by atoms with Crippen LogP contribution in [0.2, 0.25) is 0 Å². The lowest BCUT2D eigenvalue weighted by Gasteiger charge is -2.28. The summed E-state index contributed by atoms with van der Waals surface area (Å²) in [5.74, 6) is 0. The van der Waals surface area contributed by atoms with E-state index in [1.165, 1.54) is 4.31 Å². The molecule has 6 nitrogen and oxygen atoms in total. The molecule has 1 aliphatic heterocycles. The first kappa shape index (κ1) is 18.1. The molecule has 1 aromatic heterocycles. The maximum atomic E-state index is 13.4. The first-order chi connectivity index (χ1) is 11.5. The standard InChI is InChI=1S/C18H25N3O3S/c1-17(2,3)16-15(11-20(19-16)14-9-7-6-8-10-14)25(22,23)21-13-24-12-18(21,4)5/h6-11H,12-13H2,1-5H3. The molecule has 2 aromatic rings. The van der Waals surface area contributed by atoms with Crippen molar-refractivity contribution < 1.29 is 13.2 Å². The minimum Gasteiger partial charge on any atom is -0.363 e. The second kappa shape index (κ2) is 5.93. The molecule has 2 heterocycles. The normalized spacial score (nSPS) is 18.6. The highest BCUT2D eigenvalue weighted by molar-refractivity contribution is 7.89. The number of sulfonamides is 1. The zero-order valence-electron chi connectivity index (χ0n) is 15.4. The molecular weight excluding hydrogens is 338 g/mol. The van der Waals surface area contributed by atoms with E-state index in [4.69, 9.17) is 4.74 Å². The van der Waals surface area contributed by atoms with Crippen LogP contribution in [-0.4, -0.2) is 41.4 Å². The topological polar surface area (TPSA) is 64.4 Å². The van der Waals surface area contributed by atoms with Crippen LogP contribution in [0.25, 0.3) is 5.69 Å². The summed E-state index contributed by atoms with van der Waals surface area (Å²) in [5.41, 5.74) is 0.390. The lowest BCUT2D eigenvalue weighted by Crippen LogP contribution is -2.44. The van der Waals surface area contributed by atoms with Gasteiger partial charge in [-0.15, -0.1) is 0 Å². The maximum Gasteiger partial charge on any atom is 0.249 e. The Morgan fingerprint density at radius 1 is 1.16 bits per heavy atom. The van der Waals surface area contributed by atoms with Crippen LogP contribution in [0.5, 0.6) is 0 Å². The predicted molar refractivity (Wildman–Crippen MR) is 96.2 cm³/mol. The highest BCUT2D eigenvalue weighted by Crippen LogP contribution is 2.35. The summed E-state index contributed by atoms with van der Waals surface area (Å²) in [6.07, 6.45) is 1.61. The fraction of sp³-hybridized carbons (Fsp3) is 0.500. The molecule has 0 N–H and O–H groups in total. The molecule has 3 rings (SSSR count). The highest BCUT2D eigenvalue weighted by atomic mass is 32.2. The van der Waals surface area contributed by atoms with Gasteiger partial charge in [0, 0.05) is 5.41 Å². The molecule has 7 heteroatoms. The van der Waals surface area contributed by atoms with Gasteiger partial charge in [0.1, 0.15) is 11.6 Å². The van der Waals surface area contributed by atoms with E-state index in [2.05, 4.69) is 5.10 Å². The summed E-state index contributed by atoms with van der Waals surface area (Å²) in [4.78, 5) is 0.238. The van der Waals surface area contributed by atoms with E-state index >= 15 is 0 Å². The minimum absolute atomic E-state index is 0.0649. The van der Waals surface area contributed by atoms with Crippen molar-refractivity contribution in [1.29, 1.82) is 0 Å². The molecule has 1 aromatic carbocycles. The number of hydrogen-bond acceptors (Lipinski definition) is 4. The number of nitrogens with zero attached hydrogens (tertiary/aromatic N) is 3. The molecule has 0 radical (unpaired) electrons. The number of hydrogen-bond donors (Lipinski definition) is 0. The molecule has 1 saturated heterocycles. The van der Waals surface area contributed by atoms with Gasteiger partial charge in [0.25, 0.3) is 0 Å². The molecule has 0 saturated carbocycles.